The Labute approximate surface area is 331 Å². The molecule has 0 rings (SSSR count). The topological polar surface area (TPSA) is 125 Å². The summed E-state index contributed by atoms with van der Waals surface area (Å²) in [5.41, 5.74) is 3.59. The summed E-state index contributed by atoms with van der Waals surface area (Å²) >= 11 is 0. The highest BCUT2D eigenvalue weighted by atomic mass is 19.4. The molecular weight excluding hydrogens is 1070 g/mol. The maximum atomic E-state index is 14.9. The van der Waals surface area contributed by atoms with Gasteiger partial charge in [0.05, 0.1) is 0 Å². The minimum Gasteiger partial charge on any atom is -0.382 e. The molecule has 0 saturated carbocycles. The fourth-order valence-electron chi connectivity index (χ4n) is 3.70. The molecular formula is C22H6F38N6. The van der Waals surface area contributed by atoms with Gasteiger partial charge in [-0.25, -0.2) is 0 Å². The molecule has 0 unspecified atom stereocenters. The quantitative estimate of drug-likeness (QED) is 0.0566. The molecule has 0 atom stereocenters. The van der Waals surface area contributed by atoms with E-state index in [1.165, 1.54) is 0 Å². The van der Waals surface area contributed by atoms with Gasteiger partial charge in [-0.05, 0) is 0 Å². The normalized spacial score (nSPS) is 16.3. The standard InChI is InChI=1S/C22H6F38N6/c23-5(24,1(61)62)9(31,32)13(39,40)14(41,42)10(33,34)6(25,26)2(63)66(3(64)7(27,28)11(35,36)15(43,44)17(47,48)19(51,52)21(55,56)57)4(65)8(29,30)12(37,38)16(45,46)18(49,50)20(53,54)22(58,59)60/h63-65H,(H3,61,62). The number of hydrogen-bond acceptors (Lipinski definition) is 4. The molecule has 44 heteroatoms. The van der Waals surface area contributed by atoms with Gasteiger partial charge in [0, 0.05) is 0 Å². The lowest BCUT2D eigenvalue weighted by Crippen LogP contribution is -2.76. The zero-order valence-corrected chi connectivity index (χ0v) is 28.4. The molecule has 0 saturated heterocycles. The Morgan fingerprint density at radius 3 is 0.500 bits per heavy atom. The molecule has 0 fully saturated rings. The van der Waals surface area contributed by atoms with Crippen LogP contribution < -0.4 is 5.73 Å². The van der Waals surface area contributed by atoms with Crippen molar-refractivity contribution in [1.29, 1.82) is 21.6 Å². The van der Waals surface area contributed by atoms with E-state index < -0.39 is 135 Å². The van der Waals surface area contributed by atoms with Crippen LogP contribution in [0.15, 0.2) is 0 Å². The first-order valence-electron chi connectivity index (χ1n) is 13.9. The van der Waals surface area contributed by atoms with Crippen LogP contribution in [-0.4, -0.2) is 135 Å². The highest BCUT2D eigenvalue weighted by molar-refractivity contribution is 6.19. The lowest BCUT2D eigenvalue weighted by molar-refractivity contribution is -0.435. The second-order valence-electron chi connectivity index (χ2n) is 12.0. The first-order chi connectivity index (χ1) is 27.8. The first-order valence-corrected chi connectivity index (χ1v) is 13.9. The maximum Gasteiger partial charge on any atom is 0.460 e. The highest BCUT2D eigenvalue weighted by Crippen LogP contribution is 2.64. The van der Waals surface area contributed by atoms with E-state index in [9.17, 15) is 167 Å². The molecule has 0 aliphatic carbocycles. The summed E-state index contributed by atoms with van der Waals surface area (Å²) in [5, 5.41) is 25.0. The van der Waals surface area contributed by atoms with Gasteiger partial charge in [-0.1, -0.05) is 0 Å². The zero-order valence-electron chi connectivity index (χ0n) is 28.4. The molecule has 0 heterocycles. The minimum absolute atomic E-state index is 3.59. The van der Waals surface area contributed by atoms with E-state index in [-0.39, 0.29) is 0 Å². The molecule has 0 bridgehead atoms. The smallest absolute Gasteiger partial charge is 0.382 e. The van der Waals surface area contributed by atoms with E-state index in [4.69, 9.17) is 21.6 Å². The van der Waals surface area contributed by atoms with Crippen LogP contribution in [0.1, 0.15) is 0 Å². The number of nitrogens with zero attached hydrogens (tertiary/aromatic N) is 1. The van der Waals surface area contributed by atoms with Crippen LogP contribution in [0.25, 0.3) is 0 Å². The van der Waals surface area contributed by atoms with Crippen molar-refractivity contribution in [2.45, 2.75) is 107 Å². The lowest BCUT2D eigenvalue weighted by Gasteiger charge is -2.45. The van der Waals surface area contributed by atoms with Crippen molar-refractivity contribution >= 4 is 23.3 Å². The fraction of sp³-hybridized carbons (Fsp3) is 0.818. The molecule has 0 spiro atoms. The monoisotopic (exact) mass is 1080 g/mol. The van der Waals surface area contributed by atoms with E-state index in [1.54, 1.807) is 0 Å². The van der Waals surface area contributed by atoms with E-state index >= 15 is 0 Å². The van der Waals surface area contributed by atoms with Gasteiger partial charge in [0.2, 0.25) is 0 Å². The van der Waals surface area contributed by atoms with Gasteiger partial charge in [-0.2, -0.15) is 167 Å². The molecule has 0 radical (unpaired) electrons. The highest BCUT2D eigenvalue weighted by Gasteiger charge is 2.95. The van der Waals surface area contributed by atoms with Crippen LogP contribution >= 0.6 is 0 Å². The first kappa shape index (κ1) is 61.6. The minimum atomic E-state index is -9.72. The number of nitrogens with one attached hydrogen (secondary N) is 4. The number of amidine groups is 4. The second-order valence-corrected chi connectivity index (χ2v) is 12.0. The summed E-state index contributed by atoms with van der Waals surface area (Å²) < 4.78 is 524. The average molecular weight is 1080 g/mol. The third-order valence-corrected chi connectivity index (χ3v) is 7.74. The van der Waals surface area contributed by atoms with Crippen molar-refractivity contribution in [3.05, 3.63) is 0 Å². The van der Waals surface area contributed by atoms with Gasteiger partial charge in [0.1, 0.15) is 0 Å². The predicted molar refractivity (Wildman–Crippen MR) is 128 cm³/mol. The van der Waals surface area contributed by atoms with Crippen LogP contribution in [0.4, 0.5) is 167 Å². The average Bonchev–Trinajstić information content (AvgIpc) is 3.08. The maximum absolute atomic E-state index is 14.9. The molecule has 6 nitrogen and oxygen atoms in total. The molecule has 390 valence electrons. The molecule has 0 aliphatic heterocycles. The van der Waals surface area contributed by atoms with E-state index in [0.29, 0.717) is 0 Å². The van der Waals surface area contributed by atoms with Crippen molar-refractivity contribution in [3.8, 4) is 0 Å². The third kappa shape index (κ3) is 7.38. The molecule has 66 heavy (non-hydrogen) atoms. The summed E-state index contributed by atoms with van der Waals surface area (Å²) in [6.07, 6.45) is -17.0. The van der Waals surface area contributed by atoms with Crippen molar-refractivity contribution in [3.63, 3.8) is 0 Å². The van der Waals surface area contributed by atoms with Crippen LogP contribution in [-0.2, 0) is 0 Å². The van der Waals surface area contributed by atoms with Crippen LogP contribution in [0, 0.1) is 21.6 Å². The van der Waals surface area contributed by atoms with Crippen LogP contribution in [0.3, 0.4) is 0 Å². The van der Waals surface area contributed by atoms with Crippen molar-refractivity contribution in [1.82, 2.24) is 4.90 Å². The number of nitrogens with two attached hydrogens (primary N) is 1. The summed E-state index contributed by atoms with van der Waals surface area (Å²) in [7, 11) is 0. The van der Waals surface area contributed by atoms with Gasteiger partial charge in [-0.15, -0.1) is 0 Å². The Morgan fingerprint density at radius 2 is 0.364 bits per heavy atom. The molecule has 0 aromatic rings. The predicted octanol–water partition coefficient (Wildman–Crippen LogP) is 11.4. The summed E-state index contributed by atoms with van der Waals surface area (Å²) in [6.45, 7) is 0. The van der Waals surface area contributed by atoms with Crippen molar-refractivity contribution < 1.29 is 167 Å². The molecule has 0 aliphatic rings. The van der Waals surface area contributed by atoms with E-state index in [1.807, 2.05) is 0 Å². The third-order valence-electron chi connectivity index (χ3n) is 7.74. The summed E-state index contributed by atoms with van der Waals surface area (Å²) in [5.74, 6) is -171. The summed E-state index contributed by atoms with van der Waals surface area (Å²) in [6, 6.07) is 0. The Kier molecular flexibility index (Phi) is 14.3. The van der Waals surface area contributed by atoms with E-state index in [2.05, 4.69) is 5.73 Å². The van der Waals surface area contributed by atoms with E-state index in [0.717, 1.165) is 0 Å². The van der Waals surface area contributed by atoms with Crippen LogP contribution in [0.2, 0.25) is 0 Å². The largest absolute Gasteiger partial charge is 0.460 e. The van der Waals surface area contributed by atoms with Gasteiger partial charge in [0.25, 0.3) is 0 Å². The number of hydrogen-bond donors (Lipinski definition) is 5. The Bertz CT molecular complexity index is 1810. The molecule has 0 aromatic carbocycles. The second kappa shape index (κ2) is 15.3. The van der Waals surface area contributed by atoms with Gasteiger partial charge in [-0.3, -0.25) is 26.5 Å². The molecule has 0 aromatic heterocycles. The van der Waals surface area contributed by atoms with Gasteiger partial charge < -0.3 is 5.73 Å². The summed E-state index contributed by atoms with van der Waals surface area (Å²) in [4.78, 5) is -4.75. The molecule has 6 N–H and O–H groups in total. The van der Waals surface area contributed by atoms with Crippen molar-refractivity contribution in [2.75, 3.05) is 0 Å². The fourth-order valence-corrected chi connectivity index (χ4v) is 3.70. The Balaban J connectivity index is 8.92. The van der Waals surface area contributed by atoms with Crippen molar-refractivity contribution in [2.24, 2.45) is 5.73 Å². The van der Waals surface area contributed by atoms with Crippen LogP contribution in [0.5, 0.6) is 0 Å². The number of alkyl halides is 38. The van der Waals surface area contributed by atoms with Gasteiger partial charge in [0.15, 0.2) is 23.3 Å². The zero-order chi connectivity index (χ0) is 54.9. The Morgan fingerprint density at radius 1 is 0.227 bits per heavy atom. The molecule has 0 amide bonds. The van der Waals surface area contributed by atoms with Gasteiger partial charge >= 0.3 is 107 Å². The Hall–Kier alpha value is -4.38. The lowest BCUT2D eigenvalue weighted by atomic mass is 9.89. The SMILES string of the molecule is N=C(N(C(=N)C(F)(F)C(F)(F)C(F)(F)C(F)(F)C(F)(F)C(F)(F)F)C(=N)C(F)(F)C(F)(F)C(F)(F)C(F)(F)C(F)(F)C(F)(F)C(=N)N)C(F)(F)C(F)(F)C(F)(F)C(F)(F)C(F)(F)C(F)(F)F. The number of rotatable bonds is 17. The number of halogens is 38.